The molecule has 1 atom stereocenters. The lowest BCUT2D eigenvalue weighted by Gasteiger charge is -2.26. The molecule has 1 unspecified atom stereocenters. The van der Waals surface area contributed by atoms with E-state index in [4.69, 9.17) is 4.74 Å². The van der Waals surface area contributed by atoms with Crippen LogP contribution in [0.25, 0.3) is 10.9 Å². The van der Waals surface area contributed by atoms with Crippen molar-refractivity contribution in [3.05, 3.63) is 70.3 Å². The Morgan fingerprint density at radius 2 is 1.85 bits per heavy atom. The number of ether oxygens (including phenoxy) is 1. The van der Waals surface area contributed by atoms with Gasteiger partial charge >= 0.3 is 5.97 Å². The summed E-state index contributed by atoms with van der Waals surface area (Å²) in [6.07, 6.45) is 0. The quantitative estimate of drug-likeness (QED) is 0.607. The second-order valence-electron chi connectivity index (χ2n) is 6.04. The minimum Gasteiger partial charge on any atom is -0.467 e. The Kier molecular flexibility index (Phi) is 5.13. The van der Waals surface area contributed by atoms with Gasteiger partial charge in [0, 0.05) is 29.5 Å². The van der Waals surface area contributed by atoms with Gasteiger partial charge in [-0.3, -0.25) is 4.79 Å². The van der Waals surface area contributed by atoms with Crippen molar-refractivity contribution < 1.29 is 14.3 Å². The second-order valence-corrected chi connectivity index (χ2v) is 6.96. The number of carbonyl (C=O) groups excluding carboxylic acids is 2. The smallest absolute Gasteiger partial charge is 0.333 e. The number of benzene rings is 2. The molecule has 2 aromatic carbocycles. The van der Waals surface area contributed by atoms with Crippen molar-refractivity contribution in [1.82, 2.24) is 9.47 Å². The normalized spacial score (nSPS) is 12.0. The van der Waals surface area contributed by atoms with Crippen molar-refractivity contribution in [3.8, 4) is 0 Å². The number of hydrogen-bond acceptors (Lipinski definition) is 3. The molecule has 0 saturated heterocycles. The number of esters is 1. The molecule has 0 saturated carbocycles. The van der Waals surface area contributed by atoms with E-state index in [1.807, 2.05) is 60.1 Å². The van der Waals surface area contributed by atoms with Crippen molar-refractivity contribution in [2.24, 2.45) is 7.05 Å². The second kappa shape index (κ2) is 7.33. The number of hydrogen-bond donors (Lipinski definition) is 0. The highest BCUT2D eigenvalue weighted by molar-refractivity contribution is 9.10. The summed E-state index contributed by atoms with van der Waals surface area (Å²) < 4.78 is 7.61. The summed E-state index contributed by atoms with van der Waals surface area (Å²) >= 11 is 3.41. The van der Waals surface area contributed by atoms with Gasteiger partial charge in [-0.25, -0.2) is 4.79 Å². The van der Waals surface area contributed by atoms with Gasteiger partial charge in [0.1, 0.15) is 5.69 Å². The summed E-state index contributed by atoms with van der Waals surface area (Å²) in [5.74, 6) is -0.739. The molecule has 0 aliphatic rings. The molecule has 1 heterocycles. The van der Waals surface area contributed by atoms with Crippen LogP contribution in [0.4, 0.5) is 0 Å². The molecule has 6 heteroatoms. The standard InChI is InChI=1S/C20H19BrN2O3/c1-22-16-10-5-4-7-13(16)12-17(22)19(24)23(2)18(20(25)26-3)14-8-6-9-15(21)11-14/h4-12,18H,1-3H3. The molecule has 0 bridgehead atoms. The van der Waals surface area contributed by atoms with Crippen molar-refractivity contribution in [1.29, 1.82) is 0 Å². The number of amides is 1. The molecule has 1 aromatic heterocycles. The van der Waals surface area contributed by atoms with E-state index in [9.17, 15) is 9.59 Å². The molecule has 0 fully saturated rings. The van der Waals surface area contributed by atoms with E-state index >= 15 is 0 Å². The number of aromatic nitrogens is 1. The fourth-order valence-electron chi connectivity index (χ4n) is 3.10. The van der Waals surface area contributed by atoms with E-state index in [-0.39, 0.29) is 5.91 Å². The number of para-hydroxylation sites is 1. The zero-order valence-electron chi connectivity index (χ0n) is 14.8. The first-order valence-corrected chi connectivity index (χ1v) is 8.88. The number of nitrogens with zero attached hydrogens (tertiary/aromatic N) is 2. The van der Waals surface area contributed by atoms with Gasteiger partial charge in [0.25, 0.3) is 5.91 Å². The Morgan fingerprint density at radius 1 is 1.12 bits per heavy atom. The number of carbonyl (C=O) groups is 2. The minimum atomic E-state index is -0.831. The van der Waals surface area contributed by atoms with Crippen LogP contribution in [-0.2, 0) is 16.6 Å². The lowest BCUT2D eigenvalue weighted by atomic mass is 10.1. The molecule has 0 radical (unpaired) electrons. The van der Waals surface area contributed by atoms with E-state index in [0.29, 0.717) is 11.3 Å². The number of aryl methyl sites for hydroxylation is 1. The fraction of sp³-hybridized carbons (Fsp3) is 0.200. The van der Waals surface area contributed by atoms with Gasteiger partial charge in [0.15, 0.2) is 6.04 Å². The van der Waals surface area contributed by atoms with Gasteiger partial charge in [-0.1, -0.05) is 46.3 Å². The maximum atomic E-state index is 13.1. The molecule has 0 N–H and O–H groups in total. The monoisotopic (exact) mass is 414 g/mol. The summed E-state index contributed by atoms with van der Waals surface area (Å²) in [4.78, 5) is 27.0. The third-order valence-electron chi connectivity index (χ3n) is 4.47. The molecular formula is C20H19BrN2O3. The van der Waals surface area contributed by atoms with Crippen LogP contribution in [0, 0.1) is 0 Å². The average Bonchev–Trinajstić information content (AvgIpc) is 2.98. The zero-order valence-corrected chi connectivity index (χ0v) is 16.4. The summed E-state index contributed by atoms with van der Waals surface area (Å²) in [6.45, 7) is 0. The molecule has 1 amide bonds. The van der Waals surface area contributed by atoms with Crippen LogP contribution < -0.4 is 0 Å². The van der Waals surface area contributed by atoms with Crippen molar-refractivity contribution in [3.63, 3.8) is 0 Å². The molecule has 3 rings (SSSR count). The van der Waals surface area contributed by atoms with Crippen LogP contribution in [0.5, 0.6) is 0 Å². The summed E-state index contributed by atoms with van der Waals surface area (Å²) in [5, 5.41) is 0.976. The number of halogens is 1. The minimum absolute atomic E-state index is 0.251. The lowest BCUT2D eigenvalue weighted by Crippen LogP contribution is -2.37. The predicted molar refractivity (Wildman–Crippen MR) is 104 cm³/mol. The Morgan fingerprint density at radius 3 is 2.50 bits per heavy atom. The molecule has 0 spiro atoms. The highest BCUT2D eigenvalue weighted by Crippen LogP contribution is 2.27. The number of rotatable bonds is 4. The van der Waals surface area contributed by atoms with Crippen LogP contribution in [0.1, 0.15) is 22.1 Å². The van der Waals surface area contributed by atoms with Crippen LogP contribution in [0.15, 0.2) is 59.1 Å². The fourth-order valence-corrected chi connectivity index (χ4v) is 3.52. The summed E-state index contributed by atoms with van der Waals surface area (Å²) in [5.41, 5.74) is 2.15. The van der Waals surface area contributed by atoms with Gasteiger partial charge in [-0.15, -0.1) is 0 Å². The van der Waals surface area contributed by atoms with Crippen LogP contribution in [0.3, 0.4) is 0 Å². The maximum Gasteiger partial charge on any atom is 0.333 e. The lowest BCUT2D eigenvalue weighted by molar-refractivity contribution is -0.145. The third-order valence-corrected chi connectivity index (χ3v) is 4.96. The summed E-state index contributed by atoms with van der Waals surface area (Å²) in [6, 6.07) is 16.1. The topological polar surface area (TPSA) is 51.5 Å². The number of likely N-dealkylation sites (N-methyl/N-ethyl adjacent to an activating group) is 1. The molecule has 3 aromatic rings. The third kappa shape index (κ3) is 3.24. The van der Waals surface area contributed by atoms with E-state index in [1.165, 1.54) is 12.0 Å². The molecular weight excluding hydrogens is 396 g/mol. The zero-order chi connectivity index (χ0) is 18.8. The predicted octanol–water partition coefficient (Wildman–Crippen LogP) is 3.93. The van der Waals surface area contributed by atoms with Crippen molar-refractivity contribution >= 4 is 38.7 Å². The van der Waals surface area contributed by atoms with E-state index in [2.05, 4.69) is 15.9 Å². The van der Waals surface area contributed by atoms with Crippen molar-refractivity contribution in [2.45, 2.75) is 6.04 Å². The Hall–Kier alpha value is -2.60. The van der Waals surface area contributed by atoms with E-state index in [1.54, 1.807) is 13.1 Å². The van der Waals surface area contributed by atoms with E-state index < -0.39 is 12.0 Å². The molecule has 134 valence electrons. The number of methoxy groups -OCH3 is 1. The van der Waals surface area contributed by atoms with Crippen molar-refractivity contribution in [2.75, 3.05) is 14.2 Å². The summed E-state index contributed by atoms with van der Waals surface area (Å²) in [7, 11) is 4.78. The highest BCUT2D eigenvalue weighted by Gasteiger charge is 2.31. The van der Waals surface area contributed by atoms with Gasteiger partial charge in [-0.05, 0) is 29.8 Å². The van der Waals surface area contributed by atoms with Gasteiger partial charge < -0.3 is 14.2 Å². The average molecular weight is 415 g/mol. The Labute approximate surface area is 160 Å². The first-order chi connectivity index (χ1) is 12.4. The first-order valence-electron chi connectivity index (χ1n) is 8.09. The van der Waals surface area contributed by atoms with Gasteiger partial charge in [-0.2, -0.15) is 0 Å². The maximum absolute atomic E-state index is 13.1. The Bertz CT molecular complexity index is 980. The van der Waals surface area contributed by atoms with E-state index in [0.717, 1.165) is 15.4 Å². The molecule has 5 nitrogen and oxygen atoms in total. The Balaban J connectivity index is 2.02. The van der Waals surface area contributed by atoms with Crippen LogP contribution in [-0.4, -0.2) is 35.5 Å². The SMILES string of the molecule is COC(=O)C(c1cccc(Br)c1)N(C)C(=O)c1cc2ccccc2n1C. The van der Waals surface area contributed by atoms with Gasteiger partial charge in [0.05, 0.1) is 7.11 Å². The molecule has 0 aliphatic heterocycles. The highest BCUT2D eigenvalue weighted by atomic mass is 79.9. The molecule has 0 aliphatic carbocycles. The molecule has 26 heavy (non-hydrogen) atoms. The van der Waals surface area contributed by atoms with Crippen LogP contribution >= 0.6 is 15.9 Å². The van der Waals surface area contributed by atoms with Gasteiger partial charge in [0.2, 0.25) is 0 Å². The first kappa shape index (κ1) is 18.2. The van der Waals surface area contributed by atoms with Crippen LogP contribution in [0.2, 0.25) is 0 Å². The largest absolute Gasteiger partial charge is 0.467 e. The number of fused-ring (bicyclic) bond motifs is 1.